The van der Waals surface area contributed by atoms with Crippen molar-refractivity contribution in [2.45, 2.75) is 0 Å². The molecule has 2 rings (SSSR count). The van der Waals surface area contributed by atoms with Crippen molar-refractivity contribution in [2.24, 2.45) is 0 Å². The van der Waals surface area contributed by atoms with Gasteiger partial charge in [0.1, 0.15) is 0 Å². The molecule has 4 N–H and O–H groups in total. The van der Waals surface area contributed by atoms with Gasteiger partial charge in [-0.3, -0.25) is 0 Å². The first kappa shape index (κ1) is 6.49. The average molecular weight is 186 g/mol. The van der Waals surface area contributed by atoms with Gasteiger partial charge >= 0.3 is 0 Å². The minimum absolute atomic E-state index is 0.372. The van der Waals surface area contributed by atoms with Gasteiger partial charge in [-0.2, -0.15) is 0 Å². The summed E-state index contributed by atoms with van der Waals surface area (Å²) in [5, 5.41) is 0. The Morgan fingerprint density at radius 2 is 1.21 bits per heavy atom. The molecule has 0 atom stereocenters. The van der Waals surface area contributed by atoms with E-state index in [1.165, 1.54) is 0 Å². The number of anilines is 2. The number of benzene rings is 2. The molecule has 2 aromatic rings. The zero-order chi connectivity index (χ0) is 11.7. The van der Waals surface area contributed by atoms with Crippen LogP contribution in [0, 0.1) is 0 Å². The second-order valence-electron chi connectivity index (χ2n) is 3.03. The molecule has 2 nitrogen and oxygen atoms in total. The van der Waals surface area contributed by atoms with Crippen LogP contribution in [-0.2, 0) is 0 Å². The van der Waals surface area contributed by atoms with Crippen molar-refractivity contribution >= 4 is 11.4 Å². The highest BCUT2D eigenvalue weighted by molar-refractivity contribution is 5.83. The van der Waals surface area contributed by atoms with Gasteiger partial charge in [0.15, 0.2) is 0 Å². The van der Waals surface area contributed by atoms with E-state index in [2.05, 4.69) is 0 Å². The molecule has 0 saturated carbocycles. The fraction of sp³-hybridized carbons (Fsp3) is 0. The molecule has 0 radical (unpaired) electrons. The second-order valence-corrected chi connectivity index (χ2v) is 3.03. The van der Waals surface area contributed by atoms with Crippen LogP contribution in [-0.4, -0.2) is 0 Å². The normalized spacial score (nSPS) is 12.0. The third-order valence-electron chi connectivity index (χ3n) is 2.08. The van der Waals surface area contributed by atoms with Crippen molar-refractivity contribution in [3.05, 3.63) is 48.5 Å². The summed E-state index contributed by atoms with van der Waals surface area (Å²) in [6.07, 6.45) is 0. The fourth-order valence-corrected chi connectivity index (χ4v) is 1.38. The lowest BCUT2D eigenvalue weighted by molar-refractivity contribution is 1.60. The van der Waals surface area contributed by atoms with E-state index in [4.69, 9.17) is 14.2 Å². The summed E-state index contributed by atoms with van der Waals surface area (Å²) in [6.45, 7) is 0. The monoisotopic (exact) mass is 186 g/mol. The van der Waals surface area contributed by atoms with Crippen molar-refractivity contribution < 1.29 is 2.74 Å². The first-order valence-electron chi connectivity index (χ1n) is 5.30. The summed E-state index contributed by atoms with van der Waals surface area (Å²) < 4.78 is 14.9. The Kier molecular flexibility index (Phi) is 1.58. The van der Waals surface area contributed by atoms with Gasteiger partial charge < -0.3 is 11.5 Å². The van der Waals surface area contributed by atoms with Crippen LogP contribution in [0.5, 0.6) is 0 Å². The Bertz CT molecular complexity index is 489. The second kappa shape index (κ2) is 3.42. The lowest BCUT2D eigenvalue weighted by Gasteiger charge is -2.07. The number of nitrogen functional groups attached to an aromatic ring is 2. The van der Waals surface area contributed by atoms with Gasteiger partial charge in [0.05, 0.1) is 2.74 Å². The van der Waals surface area contributed by atoms with Crippen LogP contribution in [0.25, 0.3) is 11.1 Å². The first-order valence-corrected chi connectivity index (χ1v) is 4.30. The van der Waals surface area contributed by atoms with Crippen molar-refractivity contribution in [3.63, 3.8) is 0 Å². The van der Waals surface area contributed by atoms with E-state index >= 15 is 0 Å². The van der Waals surface area contributed by atoms with Crippen molar-refractivity contribution in [3.8, 4) is 11.1 Å². The van der Waals surface area contributed by atoms with E-state index < -0.39 is 0 Å². The van der Waals surface area contributed by atoms with Gasteiger partial charge in [-0.1, -0.05) is 36.4 Å². The van der Waals surface area contributed by atoms with E-state index in [0.29, 0.717) is 23.5 Å². The molecule has 0 aromatic heterocycles. The minimum Gasteiger partial charge on any atom is -0.398 e. The molecule has 0 unspecified atom stereocenters. The van der Waals surface area contributed by atoms with Gasteiger partial charge in [-0.25, -0.2) is 0 Å². The molecule has 0 amide bonds. The Morgan fingerprint density at radius 1 is 0.786 bits per heavy atom. The maximum absolute atomic E-state index is 7.44. The summed E-state index contributed by atoms with van der Waals surface area (Å²) in [7, 11) is 0. The molecule has 0 aliphatic rings. The number of para-hydroxylation sites is 2. The largest absolute Gasteiger partial charge is 0.398 e. The zero-order valence-corrected chi connectivity index (χ0v) is 7.62. The Morgan fingerprint density at radius 3 is 1.57 bits per heavy atom. The summed E-state index contributed by atoms with van der Waals surface area (Å²) in [4.78, 5) is 0. The fourth-order valence-electron chi connectivity index (χ4n) is 1.38. The van der Waals surface area contributed by atoms with E-state index in [1.54, 1.807) is 36.4 Å². The van der Waals surface area contributed by atoms with Crippen LogP contribution >= 0.6 is 0 Å². The standard InChI is InChI=1S/C12H12N2/c13-11-7-3-1-5-9(11)10-6-2-4-8-12(10)14/h1-8H,13-14H2/i3D,4D. The predicted molar refractivity (Wildman–Crippen MR) is 60.7 cm³/mol. The van der Waals surface area contributed by atoms with Crippen LogP contribution in [0.1, 0.15) is 2.74 Å². The molecule has 0 heterocycles. The van der Waals surface area contributed by atoms with Crippen LogP contribution in [0.15, 0.2) is 48.5 Å². The van der Waals surface area contributed by atoms with E-state index in [1.807, 2.05) is 0 Å². The predicted octanol–water partition coefficient (Wildman–Crippen LogP) is 2.52. The maximum Gasteiger partial charge on any atom is 0.0623 e. The molecule has 2 heteroatoms. The highest BCUT2D eigenvalue weighted by Gasteiger charge is 2.03. The third kappa shape index (κ3) is 1.42. The molecule has 0 aliphatic carbocycles. The number of hydrogen-bond donors (Lipinski definition) is 2. The highest BCUT2D eigenvalue weighted by atomic mass is 14.6. The lowest BCUT2D eigenvalue weighted by atomic mass is 10.0. The molecule has 0 bridgehead atoms. The molecule has 70 valence electrons. The van der Waals surface area contributed by atoms with Gasteiger partial charge in [0.25, 0.3) is 0 Å². The molecule has 14 heavy (non-hydrogen) atoms. The quantitative estimate of drug-likeness (QED) is 0.672. The van der Waals surface area contributed by atoms with E-state index in [9.17, 15) is 0 Å². The van der Waals surface area contributed by atoms with Gasteiger partial charge in [0, 0.05) is 22.5 Å². The summed E-state index contributed by atoms with van der Waals surface area (Å²) in [5.74, 6) is 0. The highest BCUT2D eigenvalue weighted by Crippen LogP contribution is 2.29. The third-order valence-corrected chi connectivity index (χ3v) is 2.08. The summed E-state index contributed by atoms with van der Waals surface area (Å²) in [5.41, 5.74) is 14.3. The Balaban J connectivity index is 2.59. The molecular formula is C12H12N2. The summed E-state index contributed by atoms with van der Waals surface area (Å²) >= 11 is 0. The first-order chi connectivity index (χ1) is 7.58. The topological polar surface area (TPSA) is 52.0 Å². The van der Waals surface area contributed by atoms with Crippen molar-refractivity contribution in [1.82, 2.24) is 0 Å². The molecule has 0 aliphatic heterocycles. The zero-order valence-electron chi connectivity index (χ0n) is 9.62. The van der Waals surface area contributed by atoms with Crippen molar-refractivity contribution in [1.29, 1.82) is 0 Å². The number of rotatable bonds is 1. The minimum atomic E-state index is 0.372. The molecule has 2 aromatic carbocycles. The van der Waals surface area contributed by atoms with Crippen LogP contribution < -0.4 is 11.5 Å². The Labute approximate surface area is 86.0 Å². The van der Waals surface area contributed by atoms with Gasteiger partial charge in [-0.05, 0) is 12.1 Å². The lowest BCUT2D eigenvalue weighted by Crippen LogP contribution is -1.93. The Hall–Kier alpha value is -1.96. The van der Waals surface area contributed by atoms with Crippen LogP contribution in [0.2, 0.25) is 0 Å². The molecule has 0 saturated heterocycles. The molecule has 0 spiro atoms. The molecular weight excluding hydrogens is 172 g/mol. The van der Waals surface area contributed by atoms with Gasteiger partial charge in [-0.15, -0.1) is 0 Å². The van der Waals surface area contributed by atoms with Crippen LogP contribution in [0.4, 0.5) is 11.4 Å². The number of hydrogen-bond acceptors (Lipinski definition) is 2. The average Bonchev–Trinajstić information content (AvgIpc) is 2.19. The van der Waals surface area contributed by atoms with Crippen LogP contribution in [0.3, 0.4) is 0 Å². The SMILES string of the molecule is [2H]c1ccc(-c2ccc([2H])cc2N)c(N)c1. The molecule has 0 fully saturated rings. The van der Waals surface area contributed by atoms with Crippen molar-refractivity contribution in [2.75, 3.05) is 11.5 Å². The maximum atomic E-state index is 7.44. The van der Waals surface area contributed by atoms with Gasteiger partial charge in [0.2, 0.25) is 0 Å². The van der Waals surface area contributed by atoms with E-state index in [0.717, 1.165) is 11.1 Å². The van der Waals surface area contributed by atoms with E-state index in [-0.39, 0.29) is 0 Å². The number of nitrogens with two attached hydrogens (primary N) is 2. The smallest absolute Gasteiger partial charge is 0.0623 e. The summed E-state index contributed by atoms with van der Waals surface area (Å²) in [6, 6.07) is 10.8.